The third-order valence-electron chi connectivity index (χ3n) is 6.10. The van der Waals surface area contributed by atoms with Crippen molar-refractivity contribution in [3.8, 4) is 5.75 Å². The lowest BCUT2D eigenvalue weighted by atomic mass is 9.75. The number of benzene rings is 1. The van der Waals surface area contributed by atoms with Gasteiger partial charge < -0.3 is 20.7 Å². The third kappa shape index (κ3) is 4.36. The van der Waals surface area contributed by atoms with Crippen LogP contribution in [0, 0.1) is 11.8 Å². The van der Waals surface area contributed by atoms with Gasteiger partial charge in [0.05, 0.1) is 7.11 Å². The fourth-order valence-electron chi connectivity index (χ4n) is 4.43. The molecule has 2 heterocycles. The van der Waals surface area contributed by atoms with Crippen molar-refractivity contribution in [3.05, 3.63) is 65.1 Å². The fraction of sp³-hybridized carbons (Fsp3) is 0.478. The molecule has 3 atom stereocenters. The van der Waals surface area contributed by atoms with Crippen LogP contribution in [0.2, 0.25) is 0 Å². The Hall–Kier alpha value is -2.41. The van der Waals surface area contributed by atoms with Crippen molar-refractivity contribution >= 4 is 0 Å². The van der Waals surface area contributed by atoms with E-state index in [0.717, 1.165) is 24.2 Å². The van der Waals surface area contributed by atoms with Crippen LogP contribution in [-0.4, -0.2) is 24.9 Å². The SMILES string of the molecule is COc1ccc(CNC2=CC(C(F)(F)F)C3=CC4CCC(C)(C)NC4C=C3N2)cc1. The first-order chi connectivity index (χ1) is 14.1. The van der Waals surface area contributed by atoms with Gasteiger partial charge in [-0.2, -0.15) is 13.2 Å². The van der Waals surface area contributed by atoms with Gasteiger partial charge in [0.15, 0.2) is 0 Å². The Kier molecular flexibility index (Phi) is 5.34. The number of fused-ring (bicyclic) bond motifs is 2. The first-order valence-electron chi connectivity index (χ1n) is 10.3. The van der Waals surface area contributed by atoms with Crippen molar-refractivity contribution in [1.82, 2.24) is 16.0 Å². The summed E-state index contributed by atoms with van der Waals surface area (Å²) in [5, 5.41) is 9.88. The van der Waals surface area contributed by atoms with E-state index in [1.807, 2.05) is 36.4 Å². The molecule has 4 rings (SSSR count). The maximum Gasteiger partial charge on any atom is 0.399 e. The molecular weight excluding hydrogens is 391 g/mol. The second-order valence-electron chi connectivity index (χ2n) is 8.89. The van der Waals surface area contributed by atoms with Crippen molar-refractivity contribution in [1.29, 1.82) is 0 Å². The molecule has 0 amide bonds. The lowest BCUT2D eigenvalue weighted by Gasteiger charge is -2.44. The number of ether oxygens (including phenoxy) is 1. The van der Waals surface area contributed by atoms with Gasteiger partial charge in [-0.3, -0.25) is 0 Å². The van der Waals surface area contributed by atoms with E-state index in [4.69, 9.17) is 4.74 Å². The van der Waals surface area contributed by atoms with E-state index in [-0.39, 0.29) is 17.5 Å². The molecule has 0 radical (unpaired) electrons. The predicted molar refractivity (Wildman–Crippen MR) is 110 cm³/mol. The number of piperidine rings is 1. The highest BCUT2D eigenvalue weighted by Crippen LogP contribution is 2.43. The van der Waals surface area contributed by atoms with Crippen molar-refractivity contribution in [3.63, 3.8) is 0 Å². The summed E-state index contributed by atoms with van der Waals surface area (Å²) < 4.78 is 46.8. The van der Waals surface area contributed by atoms with Crippen LogP contribution < -0.4 is 20.7 Å². The van der Waals surface area contributed by atoms with E-state index in [1.165, 1.54) is 6.08 Å². The highest BCUT2D eigenvalue weighted by Gasteiger charge is 2.46. The van der Waals surface area contributed by atoms with E-state index < -0.39 is 12.1 Å². The summed E-state index contributed by atoms with van der Waals surface area (Å²) in [7, 11) is 1.59. The van der Waals surface area contributed by atoms with Crippen LogP contribution in [0.3, 0.4) is 0 Å². The Morgan fingerprint density at radius 1 is 1.13 bits per heavy atom. The Morgan fingerprint density at radius 2 is 1.87 bits per heavy atom. The zero-order chi connectivity index (χ0) is 21.5. The van der Waals surface area contributed by atoms with Crippen LogP contribution in [0.5, 0.6) is 5.75 Å². The summed E-state index contributed by atoms with van der Waals surface area (Å²) >= 11 is 0. The number of alkyl halides is 3. The molecule has 0 bridgehead atoms. The summed E-state index contributed by atoms with van der Waals surface area (Å²) in [6, 6.07) is 7.48. The summed E-state index contributed by atoms with van der Waals surface area (Å²) in [6.45, 7) is 4.68. The number of allylic oxidation sites excluding steroid dienone is 2. The van der Waals surface area contributed by atoms with Gasteiger partial charge in [0, 0.05) is 23.8 Å². The van der Waals surface area contributed by atoms with Crippen molar-refractivity contribution in [2.75, 3.05) is 7.11 Å². The largest absolute Gasteiger partial charge is 0.497 e. The zero-order valence-corrected chi connectivity index (χ0v) is 17.4. The lowest BCUT2D eigenvalue weighted by molar-refractivity contribution is -0.152. The van der Waals surface area contributed by atoms with E-state index in [2.05, 4.69) is 29.8 Å². The standard InChI is InChI=1S/C23H28F3N3O/c1-22(2)9-8-15-10-17-18(23(24,25)26)11-21(28-20(17)12-19(15)29-22)27-13-14-4-6-16(30-3)7-5-14/h4-7,10-12,15,18-19,27-29H,8-9,13H2,1-3H3. The van der Waals surface area contributed by atoms with E-state index in [1.54, 1.807) is 7.11 Å². The predicted octanol–water partition coefficient (Wildman–Crippen LogP) is 4.38. The highest BCUT2D eigenvalue weighted by atomic mass is 19.4. The van der Waals surface area contributed by atoms with Crippen LogP contribution in [0.4, 0.5) is 13.2 Å². The van der Waals surface area contributed by atoms with Gasteiger partial charge in [-0.25, -0.2) is 0 Å². The molecule has 0 aromatic heterocycles. The Morgan fingerprint density at radius 3 is 2.53 bits per heavy atom. The molecule has 1 aliphatic carbocycles. The fourth-order valence-corrected chi connectivity index (χ4v) is 4.43. The van der Waals surface area contributed by atoms with E-state index >= 15 is 0 Å². The molecule has 1 saturated heterocycles. The molecule has 162 valence electrons. The first-order valence-corrected chi connectivity index (χ1v) is 10.3. The minimum absolute atomic E-state index is 0.0209. The van der Waals surface area contributed by atoms with Crippen LogP contribution >= 0.6 is 0 Å². The van der Waals surface area contributed by atoms with Gasteiger partial charge in [0.25, 0.3) is 0 Å². The topological polar surface area (TPSA) is 45.3 Å². The average Bonchev–Trinajstić information content (AvgIpc) is 2.69. The summed E-state index contributed by atoms with van der Waals surface area (Å²) in [5.74, 6) is -0.402. The molecule has 2 aliphatic heterocycles. The second kappa shape index (κ2) is 7.69. The molecule has 0 spiro atoms. The molecule has 7 heteroatoms. The maximum atomic E-state index is 13.9. The van der Waals surface area contributed by atoms with Crippen LogP contribution in [0.25, 0.3) is 0 Å². The van der Waals surface area contributed by atoms with Gasteiger partial charge in [-0.15, -0.1) is 0 Å². The molecule has 1 aromatic carbocycles. The lowest BCUT2D eigenvalue weighted by Crippen LogP contribution is -2.54. The summed E-state index contributed by atoms with van der Waals surface area (Å²) in [6.07, 6.45) is 2.50. The van der Waals surface area contributed by atoms with Crippen molar-refractivity contribution in [2.45, 2.75) is 51.0 Å². The molecule has 0 saturated carbocycles. The van der Waals surface area contributed by atoms with Crippen LogP contribution in [0.15, 0.2) is 59.6 Å². The van der Waals surface area contributed by atoms with E-state index in [9.17, 15) is 13.2 Å². The molecule has 3 aliphatic rings. The Labute approximate surface area is 175 Å². The smallest absolute Gasteiger partial charge is 0.399 e. The van der Waals surface area contributed by atoms with Gasteiger partial charge in [0.1, 0.15) is 17.5 Å². The highest BCUT2D eigenvalue weighted by molar-refractivity contribution is 5.46. The van der Waals surface area contributed by atoms with Gasteiger partial charge in [-0.05, 0) is 68.0 Å². The molecular formula is C23H28F3N3O. The molecule has 4 nitrogen and oxygen atoms in total. The summed E-state index contributed by atoms with van der Waals surface area (Å²) in [4.78, 5) is 0. The third-order valence-corrected chi connectivity index (χ3v) is 6.10. The Balaban J connectivity index is 1.56. The van der Waals surface area contributed by atoms with Gasteiger partial charge in [0.2, 0.25) is 0 Å². The van der Waals surface area contributed by atoms with Gasteiger partial charge >= 0.3 is 6.18 Å². The Bertz CT molecular complexity index is 884. The monoisotopic (exact) mass is 419 g/mol. The zero-order valence-electron chi connectivity index (χ0n) is 17.4. The summed E-state index contributed by atoms with van der Waals surface area (Å²) in [5.41, 5.74) is 1.81. The van der Waals surface area contributed by atoms with Crippen molar-refractivity contribution < 1.29 is 17.9 Å². The number of rotatable bonds is 4. The molecule has 1 fully saturated rings. The van der Waals surface area contributed by atoms with Crippen LogP contribution in [0.1, 0.15) is 32.3 Å². The second-order valence-corrected chi connectivity index (χ2v) is 8.89. The minimum Gasteiger partial charge on any atom is -0.497 e. The molecule has 3 N–H and O–H groups in total. The minimum atomic E-state index is -4.34. The number of methoxy groups -OCH3 is 1. The number of hydrogen-bond donors (Lipinski definition) is 3. The van der Waals surface area contributed by atoms with Crippen LogP contribution in [-0.2, 0) is 6.54 Å². The average molecular weight is 419 g/mol. The number of hydrogen-bond acceptors (Lipinski definition) is 4. The molecule has 3 unspecified atom stereocenters. The maximum absolute atomic E-state index is 13.9. The number of halogens is 3. The molecule has 30 heavy (non-hydrogen) atoms. The van der Waals surface area contributed by atoms with E-state index in [0.29, 0.717) is 23.6 Å². The molecule has 1 aromatic rings. The van der Waals surface area contributed by atoms with Crippen molar-refractivity contribution in [2.24, 2.45) is 11.8 Å². The first kappa shape index (κ1) is 20.8. The quantitative estimate of drug-likeness (QED) is 0.678. The number of nitrogens with one attached hydrogen (secondary N) is 3. The van der Waals surface area contributed by atoms with Gasteiger partial charge in [-0.1, -0.05) is 18.2 Å². The normalized spacial score (nSPS) is 27.5.